The lowest BCUT2D eigenvalue weighted by Gasteiger charge is -2.13. The van der Waals surface area contributed by atoms with Crippen LogP contribution in [0.1, 0.15) is 0 Å². The molecule has 22 rings (SSSR count). The maximum atomic E-state index is 5.28. The molecule has 6 aromatic heterocycles. The number of rotatable bonds is 16. The summed E-state index contributed by atoms with van der Waals surface area (Å²) >= 11 is 0. The Morgan fingerprint density at radius 3 is 0.581 bits per heavy atom. The quantitative estimate of drug-likeness (QED) is 0.0882. The molecule has 0 bridgehead atoms. The van der Waals surface area contributed by atoms with Crippen LogP contribution in [0.3, 0.4) is 0 Å². The summed E-state index contributed by atoms with van der Waals surface area (Å²) in [6, 6.07) is 161. The number of aromatic nitrogens is 8. The van der Waals surface area contributed by atoms with Crippen molar-refractivity contribution in [1.82, 2.24) is 39.9 Å². The summed E-state index contributed by atoms with van der Waals surface area (Å²) in [5.74, 6) is 1.39. The first-order valence-corrected chi connectivity index (χ1v) is 41.7. The van der Waals surface area contributed by atoms with Gasteiger partial charge in [0.2, 0.25) is 0 Å². The van der Waals surface area contributed by atoms with E-state index in [1.807, 2.05) is 72.8 Å². The zero-order valence-corrected chi connectivity index (χ0v) is 67.5. The van der Waals surface area contributed by atoms with Crippen molar-refractivity contribution < 1.29 is 0 Å². The fourth-order valence-electron chi connectivity index (χ4n) is 16.5. The highest BCUT2D eigenvalue weighted by atomic mass is 14.9. The van der Waals surface area contributed by atoms with Crippen LogP contribution in [0, 0.1) is 0 Å². The van der Waals surface area contributed by atoms with Gasteiger partial charge in [0, 0.05) is 77.2 Å². The van der Waals surface area contributed by atoms with Crippen LogP contribution in [0.15, 0.2) is 461 Å². The Balaban J connectivity index is 0.000000152. The second-order valence-electron chi connectivity index (χ2n) is 30.9. The monoisotopic (exact) mass is 1580 g/mol. The Morgan fingerprint density at radius 1 is 0.113 bits per heavy atom. The summed E-state index contributed by atoms with van der Waals surface area (Å²) < 4.78 is 0. The van der Waals surface area contributed by atoms with Crippen LogP contribution in [-0.2, 0) is 0 Å². The number of fused-ring (bicyclic) bond motifs is 6. The summed E-state index contributed by atoms with van der Waals surface area (Å²) in [5, 5.41) is 4.26. The van der Waals surface area contributed by atoms with Crippen LogP contribution >= 0.6 is 0 Å². The van der Waals surface area contributed by atoms with Crippen molar-refractivity contribution in [2.75, 3.05) is 0 Å². The Hall–Kier alpha value is -16.7. The number of pyridine rings is 4. The zero-order valence-electron chi connectivity index (χ0n) is 67.5. The van der Waals surface area contributed by atoms with Gasteiger partial charge in [-0.1, -0.05) is 425 Å². The van der Waals surface area contributed by atoms with Crippen molar-refractivity contribution in [2.45, 2.75) is 0 Å². The van der Waals surface area contributed by atoms with E-state index in [-0.39, 0.29) is 0 Å². The molecule has 124 heavy (non-hydrogen) atoms. The molecule has 0 atom stereocenters. The second-order valence-corrected chi connectivity index (χ2v) is 30.9. The van der Waals surface area contributed by atoms with Crippen molar-refractivity contribution in [3.8, 4) is 180 Å². The van der Waals surface area contributed by atoms with E-state index in [0.29, 0.717) is 11.6 Å². The first kappa shape index (κ1) is 74.8. The van der Waals surface area contributed by atoms with Gasteiger partial charge in [-0.05, 0) is 103 Å². The Bertz CT molecular complexity index is 7130. The highest BCUT2D eigenvalue weighted by Gasteiger charge is 2.20. The fraction of sp³-hybridized carbons (Fsp3) is 0. The lowest BCUT2D eigenvalue weighted by atomic mass is 9.95. The molecule has 16 aromatic carbocycles. The highest BCUT2D eigenvalue weighted by molar-refractivity contribution is 6.11. The summed E-state index contributed by atoms with van der Waals surface area (Å²) in [5.41, 5.74) is 34.9. The van der Waals surface area contributed by atoms with Gasteiger partial charge in [0.1, 0.15) is 0 Å². The zero-order chi connectivity index (χ0) is 82.5. The molecule has 0 aliphatic heterocycles. The van der Waals surface area contributed by atoms with Crippen LogP contribution in [0.25, 0.3) is 223 Å². The molecular weight excluding hydrogens is 1510 g/mol. The molecule has 8 nitrogen and oxygen atoms in total. The minimum Gasteiger partial charge on any atom is -0.245 e. The SMILES string of the molecule is c1ccc(-c2ccc(-c3cc(-c4ccc(-c5ccc(-c6cc(-c7ccccc7)nc7c6ccc6ccc(-c8ccccc8)nc67)cc5)cc4)nc(-c4ccccc4)n3)cc2)cc1.c1ccc(-c2ccc(-c3nc(-c4ccccc4)cc(-c4ccc(-c5ccc(-c6cc(-c7ccccc7)nc7c6ccc6ccc(-c8ccccc8)nc67)cc5)cc4)n3)cc2)cc1. The van der Waals surface area contributed by atoms with E-state index < -0.39 is 0 Å². The van der Waals surface area contributed by atoms with Crippen LogP contribution in [0.5, 0.6) is 0 Å². The van der Waals surface area contributed by atoms with Gasteiger partial charge in [0.15, 0.2) is 11.6 Å². The average Bonchev–Trinajstić information content (AvgIpc) is 0.754. The molecule has 0 aliphatic carbocycles. The van der Waals surface area contributed by atoms with E-state index >= 15 is 0 Å². The highest BCUT2D eigenvalue weighted by Crippen LogP contribution is 2.42. The summed E-state index contributed by atoms with van der Waals surface area (Å²) in [4.78, 5) is 41.3. The molecule has 22 aromatic rings. The lowest BCUT2D eigenvalue weighted by Crippen LogP contribution is -1.96. The number of hydrogen-bond donors (Lipinski definition) is 0. The predicted molar refractivity (Wildman–Crippen MR) is 512 cm³/mol. The molecule has 0 aliphatic rings. The Kier molecular flexibility index (Phi) is 20.3. The van der Waals surface area contributed by atoms with Gasteiger partial charge in [0.25, 0.3) is 0 Å². The second kappa shape index (κ2) is 33.6. The minimum atomic E-state index is 0.695. The average molecular weight is 1580 g/mol. The van der Waals surface area contributed by atoms with Crippen molar-refractivity contribution in [1.29, 1.82) is 0 Å². The first-order chi connectivity index (χ1) is 61.4. The van der Waals surface area contributed by atoms with E-state index in [4.69, 9.17) is 39.9 Å². The first-order valence-electron chi connectivity index (χ1n) is 41.7. The van der Waals surface area contributed by atoms with Crippen LogP contribution in [0.2, 0.25) is 0 Å². The van der Waals surface area contributed by atoms with Crippen LogP contribution < -0.4 is 0 Å². The number of nitrogens with zero attached hydrogens (tertiary/aromatic N) is 8. The van der Waals surface area contributed by atoms with E-state index in [1.165, 1.54) is 16.7 Å². The van der Waals surface area contributed by atoms with E-state index in [1.54, 1.807) is 0 Å². The maximum Gasteiger partial charge on any atom is 0.160 e. The molecule has 6 heterocycles. The van der Waals surface area contributed by atoms with Gasteiger partial charge < -0.3 is 0 Å². The normalized spacial score (nSPS) is 11.2. The molecule has 580 valence electrons. The summed E-state index contributed by atoms with van der Waals surface area (Å²) in [6.45, 7) is 0. The largest absolute Gasteiger partial charge is 0.245 e. The predicted octanol–water partition coefficient (Wildman–Crippen LogP) is 29.8. The lowest BCUT2D eigenvalue weighted by molar-refractivity contribution is 1.18. The van der Waals surface area contributed by atoms with Crippen molar-refractivity contribution in [3.05, 3.63) is 461 Å². The number of hydrogen-bond acceptors (Lipinski definition) is 8. The minimum absolute atomic E-state index is 0.695. The number of benzene rings is 16. The Morgan fingerprint density at radius 2 is 0.298 bits per heavy atom. The summed E-state index contributed by atoms with van der Waals surface area (Å²) in [6.07, 6.45) is 0. The standard InChI is InChI=1S/2C58H38N4/c1-5-13-39(14-6-1)40-25-31-49(32-26-40)58-61-54(46-19-11-4-12-20-46)38-55(62-58)47-29-23-42(24-30-47)41-21-27-43(28-22-41)51-37-53(45-17-9-3-10-18-45)60-57-50(51)35-33-48-34-36-52(59-56(48)57)44-15-7-2-8-16-44;1-5-13-39(14-6-1)40-23-29-46(30-24-40)54-38-55(62-58(61-54)49-19-11-4-12-20-49)47-31-25-42(26-32-47)41-21-27-43(28-22-41)51-37-53(45-17-9-3-10-18-45)60-57-50(51)35-33-48-34-36-52(59-56(48)57)44-15-7-2-8-16-44/h2*1-38H. The topological polar surface area (TPSA) is 103 Å². The van der Waals surface area contributed by atoms with E-state index in [0.717, 1.165) is 195 Å². The molecule has 0 radical (unpaired) electrons. The molecule has 0 fully saturated rings. The van der Waals surface area contributed by atoms with E-state index in [2.05, 4.69) is 388 Å². The third-order valence-corrected chi connectivity index (χ3v) is 23.1. The van der Waals surface area contributed by atoms with Crippen molar-refractivity contribution in [3.63, 3.8) is 0 Å². The van der Waals surface area contributed by atoms with E-state index in [9.17, 15) is 0 Å². The summed E-state index contributed by atoms with van der Waals surface area (Å²) in [7, 11) is 0. The van der Waals surface area contributed by atoms with Crippen LogP contribution in [0.4, 0.5) is 0 Å². The van der Waals surface area contributed by atoms with Crippen LogP contribution in [-0.4, -0.2) is 39.9 Å². The van der Waals surface area contributed by atoms with Gasteiger partial charge in [-0.3, -0.25) is 0 Å². The third kappa shape index (κ3) is 15.6. The molecule has 0 amide bonds. The molecule has 0 saturated heterocycles. The molecular formula is C116H76N8. The molecule has 0 N–H and O–H groups in total. The van der Waals surface area contributed by atoms with Crippen molar-refractivity contribution >= 4 is 43.6 Å². The van der Waals surface area contributed by atoms with Gasteiger partial charge in [0.05, 0.1) is 67.6 Å². The van der Waals surface area contributed by atoms with Gasteiger partial charge in [-0.2, -0.15) is 0 Å². The van der Waals surface area contributed by atoms with Gasteiger partial charge in [-0.15, -0.1) is 0 Å². The Labute approximate surface area is 719 Å². The fourth-order valence-corrected chi connectivity index (χ4v) is 16.5. The molecule has 0 unspecified atom stereocenters. The molecule has 0 spiro atoms. The third-order valence-electron chi connectivity index (χ3n) is 23.1. The molecule has 0 saturated carbocycles. The smallest absolute Gasteiger partial charge is 0.160 e. The van der Waals surface area contributed by atoms with Crippen molar-refractivity contribution in [2.24, 2.45) is 0 Å². The molecule has 8 heteroatoms. The van der Waals surface area contributed by atoms with Gasteiger partial charge >= 0.3 is 0 Å². The maximum absolute atomic E-state index is 5.28. The van der Waals surface area contributed by atoms with Gasteiger partial charge in [-0.25, -0.2) is 39.9 Å².